The molecule has 0 aromatic heterocycles. The maximum absolute atomic E-state index is 10.8. The molecule has 68 valence electrons. The lowest BCUT2D eigenvalue weighted by atomic mass is 10.3. The van der Waals surface area contributed by atoms with Gasteiger partial charge in [0.15, 0.2) is 0 Å². The first-order valence-corrected chi connectivity index (χ1v) is 3.63. The minimum Gasteiger partial charge on any atom is -0.465 e. The zero-order chi connectivity index (χ0) is 9.56. The van der Waals surface area contributed by atoms with Crippen molar-refractivity contribution < 1.29 is 9.53 Å². The Morgan fingerprint density at radius 3 is 2.67 bits per heavy atom. The predicted octanol–water partition coefficient (Wildman–Crippen LogP) is 0.481. The van der Waals surface area contributed by atoms with E-state index in [2.05, 4.69) is 9.73 Å². The molecule has 0 aliphatic heterocycles. The summed E-state index contributed by atoms with van der Waals surface area (Å²) in [6.07, 6.45) is 3.18. The number of hydrogen-bond acceptors (Lipinski definition) is 4. The molecule has 0 fully saturated rings. The van der Waals surface area contributed by atoms with Crippen LogP contribution in [-0.4, -0.2) is 24.8 Å². The number of carbonyl (C=O) groups excluding carboxylic acids is 1. The number of methoxy groups -OCH3 is 1. The molecule has 1 unspecified atom stereocenters. The molecule has 0 aliphatic rings. The van der Waals surface area contributed by atoms with E-state index in [0.29, 0.717) is 5.71 Å². The van der Waals surface area contributed by atoms with E-state index < -0.39 is 5.97 Å². The Balaban J connectivity index is 4.09. The van der Waals surface area contributed by atoms with E-state index in [1.165, 1.54) is 13.3 Å². The fourth-order valence-corrected chi connectivity index (χ4v) is 0.491. The summed E-state index contributed by atoms with van der Waals surface area (Å²) in [7, 11) is 1.32. The summed E-state index contributed by atoms with van der Waals surface area (Å²) in [5, 5.41) is 0. The molecule has 0 heterocycles. The first kappa shape index (κ1) is 10.8. The summed E-state index contributed by atoms with van der Waals surface area (Å²) in [5.41, 5.74) is 5.73. The molecule has 12 heavy (non-hydrogen) atoms. The molecule has 0 rings (SSSR count). The van der Waals surface area contributed by atoms with Crippen LogP contribution >= 0.6 is 0 Å². The summed E-state index contributed by atoms with van der Waals surface area (Å²) in [4.78, 5) is 14.6. The lowest BCUT2D eigenvalue weighted by molar-refractivity contribution is -0.132. The largest absolute Gasteiger partial charge is 0.465 e. The van der Waals surface area contributed by atoms with Crippen molar-refractivity contribution in [1.82, 2.24) is 0 Å². The van der Waals surface area contributed by atoms with Crippen molar-refractivity contribution in [2.45, 2.75) is 19.9 Å². The number of rotatable bonds is 3. The van der Waals surface area contributed by atoms with Crippen molar-refractivity contribution in [3.05, 3.63) is 12.3 Å². The molecule has 0 saturated carbocycles. The fraction of sp³-hybridized carbons (Fsp3) is 0.500. The highest BCUT2D eigenvalue weighted by Gasteiger charge is 2.01. The first-order chi connectivity index (χ1) is 5.57. The fourth-order valence-electron chi connectivity index (χ4n) is 0.491. The van der Waals surface area contributed by atoms with Gasteiger partial charge in [0.1, 0.15) is 5.71 Å². The minimum absolute atomic E-state index is 0.0563. The van der Waals surface area contributed by atoms with E-state index in [9.17, 15) is 4.79 Å². The van der Waals surface area contributed by atoms with E-state index >= 15 is 0 Å². The molecule has 4 heteroatoms. The Bertz CT molecular complexity index is 207. The topological polar surface area (TPSA) is 64.7 Å². The highest BCUT2D eigenvalue weighted by atomic mass is 16.5. The van der Waals surface area contributed by atoms with Gasteiger partial charge in [0, 0.05) is 12.2 Å². The van der Waals surface area contributed by atoms with Gasteiger partial charge in [0.2, 0.25) is 0 Å². The molecule has 0 aromatic carbocycles. The van der Waals surface area contributed by atoms with Crippen molar-refractivity contribution in [3.63, 3.8) is 0 Å². The van der Waals surface area contributed by atoms with Crippen molar-refractivity contribution in [2.24, 2.45) is 10.7 Å². The number of hydrogen-bond donors (Lipinski definition) is 1. The van der Waals surface area contributed by atoms with E-state index in [-0.39, 0.29) is 6.04 Å². The Morgan fingerprint density at radius 2 is 2.25 bits per heavy atom. The van der Waals surface area contributed by atoms with Crippen LogP contribution in [0.4, 0.5) is 0 Å². The molecule has 1 atom stereocenters. The molecule has 0 bridgehead atoms. The van der Waals surface area contributed by atoms with Crippen LogP contribution in [0.3, 0.4) is 0 Å². The lowest BCUT2D eigenvalue weighted by Gasteiger charge is -1.95. The number of esters is 1. The third kappa shape index (κ3) is 4.62. The highest BCUT2D eigenvalue weighted by Crippen LogP contribution is 1.85. The van der Waals surface area contributed by atoms with Crippen molar-refractivity contribution in [2.75, 3.05) is 7.11 Å². The summed E-state index contributed by atoms with van der Waals surface area (Å²) in [6, 6.07) is -0.0563. The van der Waals surface area contributed by atoms with Crippen LogP contribution in [0.2, 0.25) is 0 Å². The molecule has 0 radical (unpaired) electrons. The maximum atomic E-state index is 10.8. The molecule has 0 aliphatic carbocycles. The van der Waals surface area contributed by atoms with Crippen LogP contribution in [0, 0.1) is 0 Å². The van der Waals surface area contributed by atoms with Crippen LogP contribution in [0.15, 0.2) is 17.3 Å². The SMILES string of the molecule is COC(=O)C(C)=N/C=C\C(C)N. The standard InChI is InChI=1S/C8H14N2O2/c1-6(9)4-5-10-7(2)8(11)12-3/h4-6H,9H2,1-3H3/b5-4-,10-7?. The average molecular weight is 170 g/mol. The Hall–Kier alpha value is -1.16. The summed E-state index contributed by atoms with van der Waals surface area (Å²) >= 11 is 0. The molecule has 0 aromatic rings. The zero-order valence-corrected chi connectivity index (χ0v) is 7.57. The summed E-state index contributed by atoms with van der Waals surface area (Å²) < 4.78 is 4.43. The molecule has 0 amide bonds. The number of nitrogens with zero attached hydrogens (tertiary/aromatic N) is 1. The van der Waals surface area contributed by atoms with Gasteiger partial charge in [-0.2, -0.15) is 0 Å². The Morgan fingerprint density at radius 1 is 1.67 bits per heavy atom. The van der Waals surface area contributed by atoms with Gasteiger partial charge in [0.05, 0.1) is 7.11 Å². The minimum atomic E-state index is -0.427. The van der Waals surface area contributed by atoms with Gasteiger partial charge in [-0.1, -0.05) is 0 Å². The Kier molecular flexibility index (Phi) is 4.96. The van der Waals surface area contributed by atoms with E-state index in [1.54, 1.807) is 13.0 Å². The number of ether oxygens (including phenoxy) is 1. The number of nitrogens with two attached hydrogens (primary N) is 1. The van der Waals surface area contributed by atoms with E-state index in [0.717, 1.165) is 0 Å². The molecule has 4 nitrogen and oxygen atoms in total. The van der Waals surface area contributed by atoms with Crippen molar-refractivity contribution in [3.8, 4) is 0 Å². The lowest BCUT2D eigenvalue weighted by Crippen LogP contribution is -2.12. The van der Waals surface area contributed by atoms with E-state index in [4.69, 9.17) is 5.73 Å². The van der Waals surface area contributed by atoms with Gasteiger partial charge in [-0.15, -0.1) is 0 Å². The summed E-state index contributed by atoms with van der Waals surface area (Å²) in [5.74, 6) is -0.427. The van der Waals surface area contributed by atoms with Gasteiger partial charge in [-0.25, -0.2) is 4.79 Å². The van der Waals surface area contributed by atoms with Gasteiger partial charge in [-0.3, -0.25) is 4.99 Å². The maximum Gasteiger partial charge on any atom is 0.352 e. The molecule has 0 saturated heterocycles. The molecular formula is C8H14N2O2. The Labute approximate surface area is 72.1 Å². The third-order valence-corrected chi connectivity index (χ3v) is 1.14. The smallest absolute Gasteiger partial charge is 0.352 e. The van der Waals surface area contributed by atoms with Crippen molar-refractivity contribution in [1.29, 1.82) is 0 Å². The van der Waals surface area contributed by atoms with Gasteiger partial charge < -0.3 is 10.5 Å². The van der Waals surface area contributed by atoms with Crippen LogP contribution in [0.25, 0.3) is 0 Å². The van der Waals surface area contributed by atoms with Crippen LogP contribution in [0.1, 0.15) is 13.8 Å². The quantitative estimate of drug-likeness (QED) is 0.495. The average Bonchev–Trinajstić information content (AvgIpc) is 2.02. The monoisotopic (exact) mass is 170 g/mol. The molecule has 0 spiro atoms. The predicted molar refractivity (Wildman–Crippen MR) is 47.9 cm³/mol. The second-order valence-corrected chi connectivity index (χ2v) is 2.41. The zero-order valence-electron chi connectivity index (χ0n) is 7.57. The van der Waals surface area contributed by atoms with E-state index in [1.807, 2.05) is 6.92 Å². The molecular weight excluding hydrogens is 156 g/mol. The van der Waals surface area contributed by atoms with Gasteiger partial charge in [-0.05, 0) is 19.9 Å². The number of aliphatic imine (C=N–C) groups is 1. The third-order valence-electron chi connectivity index (χ3n) is 1.14. The van der Waals surface area contributed by atoms with Gasteiger partial charge in [0.25, 0.3) is 0 Å². The first-order valence-electron chi connectivity index (χ1n) is 3.63. The van der Waals surface area contributed by atoms with Crippen LogP contribution in [0.5, 0.6) is 0 Å². The highest BCUT2D eigenvalue weighted by molar-refractivity contribution is 6.35. The summed E-state index contributed by atoms with van der Waals surface area (Å²) in [6.45, 7) is 3.40. The van der Waals surface area contributed by atoms with Crippen LogP contribution in [-0.2, 0) is 9.53 Å². The number of carbonyl (C=O) groups is 1. The van der Waals surface area contributed by atoms with Crippen molar-refractivity contribution >= 4 is 11.7 Å². The molecule has 2 N–H and O–H groups in total. The van der Waals surface area contributed by atoms with Gasteiger partial charge >= 0.3 is 5.97 Å². The second kappa shape index (κ2) is 5.49. The van der Waals surface area contributed by atoms with Crippen LogP contribution < -0.4 is 5.73 Å². The second-order valence-electron chi connectivity index (χ2n) is 2.41. The normalized spacial score (nSPS) is 14.8.